The molecule has 2 aromatic carbocycles. The van der Waals surface area contributed by atoms with Gasteiger partial charge in [0.1, 0.15) is 0 Å². The predicted octanol–water partition coefficient (Wildman–Crippen LogP) is 6.99. The van der Waals surface area contributed by atoms with Crippen LogP contribution in [0.2, 0.25) is 0 Å². The Balaban J connectivity index is 1.88. The fraction of sp³-hybridized carbons (Fsp3) is 0.321. The lowest BCUT2D eigenvalue weighted by atomic mass is 9.64. The van der Waals surface area contributed by atoms with Gasteiger partial charge in [0.2, 0.25) is 0 Å². The number of aromatic nitrogens is 1. The molecular formula is C28H29N. The highest BCUT2D eigenvalue weighted by Crippen LogP contribution is 2.59. The molecule has 2 aliphatic carbocycles. The molecular weight excluding hydrogens is 350 g/mol. The number of nitrogens with zero attached hydrogens (tertiary/aromatic N) is 1. The molecule has 5 rings (SSSR count). The van der Waals surface area contributed by atoms with Gasteiger partial charge in [0.15, 0.2) is 0 Å². The van der Waals surface area contributed by atoms with E-state index in [1.54, 1.807) is 5.57 Å². The summed E-state index contributed by atoms with van der Waals surface area (Å²) in [5, 5.41) is 0. The smallest absolute Gasteiger partial charge is 0.0444 e. The van der Waals surface area contributed by atoms with Crippen molar-refractivity contribution < 1.29 is 0 Å². The third-order valence-corrected chi connectivity index (χ3v) is 6.95. The number of rotatable bonds is 2. The molecule has 0 saturated heterocycles. The Morgan fingerprint density at radius 3 is 2.14 bits per heavy atom. The Bertz CT molecular complexity index is 1120. The number of hydrogen-bond donors (Lipinski definition) is 0. The van der Waals surface area contributed by atoms with Crippen molar-refractivity contribution in [2.24, 2.45) is 0 Å². The van der Waals surface area contributed by atoms with Gasteiger partial charge >= 0.3 is 0 Å². The molecule has 1 unspecified atom stereocenters. The van der Waals surface area contributed by atoms with Gasteiger partial charge in [0.05, 0.1) is 0 Å². The van der Waals surface area contributed by atoms with Gasteiger partial charge < -0.3 is 0 Å². The van der Waals surface area contributed by atoms with Crippen LogP contribution in [0.25, 0.3) is 5.57 Å². The first kappa shape index (κ1) is 18.4. The van der Waals surface area contributed by atoms with Crippen LogP contribution in [0.15, 0.2) is 60.2 Å². The van der Waals surface area contributed by atoms with Gasteiger partial charge in [-0.25, -0.2) is 0 Å². The fourth-order valence-corrected chi connectivity index (χ4v) is 5.75. The van der Waals surface area contributed by atoms with E-state index in [0.717, 1.165) is 5.69 Å². The fourth-order valence-electron chi connectivity index (χ4n) is 5.75. The molecule has 2 aliphatic rings. The van der Waals surface area contributed by atoms with E-state index in [2.05, 4.69) is 82.3 Å². The summed E-state index contributed by atoms with van der Waals surface area (Å²) in [6.07, 6.45) is 4.90. The van der Waals surface area contributed by atoms with E-state index in [4.69, 9.17) is 4.98 Å². The maximum absolute atomic E-state index is 4.94. The van der Waals surface area contributed by atoms with Crippen LogP contribution in [0, 0.1) is 27.7 Å². The van der Waals surface area contributed by atoms with E-state index in [-0.39, 0.29) is 5.41 Å². The number of pyridine rings is 1. The number of allylic oxidation sites excluding steroid dienone is 1. The lowest BCUT2D eigenvalue weighted by Crippen LogP contribution is -2.32. The van der Waals surface area contributed by atoms with Crippen LogP contribution in [-0.2, 0) is 5.41 Å². The van der Waals surface area contributed by atoms with Crippen molar-refractivity contribution in [2.45, 2.75) is 58.8 Å². The van der Waals surface area contributed by atoms with Gasteiger partial charge in [-0.05, 0) is 86.4 Å². The first-order valence-corrected chi connectivity index (χ1v) is 10.9. The van der Waals surface area contributed by atoms with Crippen molar-refractivity contribution in [3.8, 4) is 0 Å². The Morgan fingerprint density at radius 2 is 1.45 bits per heavy atom. The zero-order chi connectivity index (χ0) is 20.2. The van der Waals surface area contributed by atoms with Gasteiger partial charge in [-0.15, -0.1) is 0 Å². The Morgan fingerprint density at radius 1 is 0.793 bits per heavy atom. The number of fused-ring (bicyclic) bond motifs is 3. The highest BCUT2D eigenvalue weighted by atomic mass is 14.7. The van der Waals surface area contributed by atoms with Gasteiger partial charge in [-0.1, -0.05) is 66.1 Å². The second-order valence-electron chi connectivity index (χ2n) is 8.97. The molecule has 1 fully saturated rings. The monoisotopic (exact) mass is 379 g/mol. The molecule has 29 heavy (non-hydrogen) atoms. The van der Waals surface area contributed by atoms with Gasteiger partial charge in [0.25, 0.3) is 0 Å². The molecule has 1 nitrogen and oxygen atoms in total. The third-order valence-electron chi connectivity index (χ3n) is 6.95. The number of hydrogen-bond acceptors (Lipinski definition) is 1. The number of benzene rings is 2. The second-order valence-corrected chi connectivity index (χ2v) is 8.97. The second kappa shape index (κ2) is 6.69. The molecule has 1 saturated carbocycles. The molecule has 0 aliphatic heterocycles. The van der Waals surface area contributed by atoms with Crippen molar-refractivity contribution in [3.05, 3.63) is 105 Å². The zero-order valence-electron chi connectivity index (χ0n) is 18.0. The maximum atomic E-state index is 4.94. The van der Waals surface area contributed by atoms with Gasteiger partial charge in [-0.2, -0.15) is 0 Å². The summed E-state index contributed by atoms with van der Waals surface area (Å²) in [5.74, 6) is 0. The van der Waals surface area contributed by atoms with Crippen molar-refractivity contribution in [3.63, 3.8) is 0 Å². The van der Waals surface area contributed by atoms with E-state index in [0.29, 0.717) is 0 Å². The molecule has 0 amide bonds. The average Bonchev–Trinajstić information content (AvgIpc) is 3.00. The minimum absolute atomic E-state index is 0.0215. The molecule has 3 aromatic rings. The first-order chi connectivity index (χ1) is 14.0. The Hall–Kier alpha value is -2.67. The summed E-state index contributed by atoms with van der Waals surface area (Å²) in [7, 11) is 0. The molecule has 1 heteroatoms. The molecule has 0 bridgehead atoms. The highest BCUT2D eigenvalue weighted by molar-refractivity contribution is 5.92. The molecule has 0 radical (unpaired) electrons. The summed E-state index contributed by atoms with van der Waals surface area (Å²) in [6.45, 7) is 8.69. The summed E-state index contributed by atoms with van der Waals surface area (Å²) in [5.41, 5.74) is 13.7. The quantitative estimate of drug-likeness (QED) is 0.467. The average molecular weight is 380 g/mol. The zero-order valence-corrected chi connectivity index (χ0v) is 18.0. The van der Waals surface area contributed by atoms with Crippen LogP contribution < -0.4 is 0 Å². The molecule has 0 N–H and O–H groups in total. The maximum Gasteiger partial charge on any atom is 0.0444 e. The largest absolute Gasteiger partial charge is 0.258 e. The highest BCUT2D eigenvalue weighted by Gasteiger charge is 2.48. The van der Waals surface area contributed by atoms with E-state index in [1.165, 1.54) is 70.3 Å². The lowest BCUT2D eigenvalue weighted by Gasteiger charge is -2.39. The van der Waals surface area contributed by atoms with Crippen LogP contribution in [-0.4, -0.2) is 4.98 Å². The van der Waals surface area contributed by atoms with Gasteiger partial charge in [0, 0.05) is 16.8 Å². The Kier molecular flexibility index (Phi) is 4.24. The van der Waals surface area contributed by atoms with E-state index < -0.39 is 0 Å². The Labute approximate surface area is 174 Å². The van der Waals surface area contributed by atoms with Gasteiger partial charge in [-0.3, -0.25) is 4.98 Å². The van der Waals surface area contributed by atoms with Crippen molar-refractivity contribution in [1.82, 2.24) is 4.98 Å². The van der Waals surface area contributed by atoms with Crippen LogP contribution in [0.5, 0.6) is 0 Å². The van der Waals surface area contributed by atoms with E-state index in [1.807, 2.05) is 0 Å². The van der Waals surface area contributed by atoms with Crippen LogP contribution in [0.1, 0.15) is 70.5 Å². The third kappa shape index (κ3) is 2.71. The standard InChI is InChI=1S/C28H29N/c1-18-8-12-22(13-9-18)26-24-17-20(3)29-21(4)27(24)28(16-6-5-7-25(26)28)23-14-10-19(2)11-15-23/h8-15,17H,5-7,16H2,1-4H3. The molecule has 1 heterocycles. The topological polar surface area (TPSA) is 12.9 Å². The first-order valence-electron chi connectivity index (χ1n) is 10.9. The summed E-state index contributed by atoms with van der Waals surface area (Å²) in [6, 6.07) is 20.7. The van der Waals surface area contributed by atoms with E-state index in [9.17, 15) is 0 Å². The minimum atomic E-state index is -0.0215. The normalized spacial score (nSPS) is 20.6. The van der Waals surface area contributed by atoms with Crippen LogP contribution >= 0.6 is 0 Å². The van der Waals surface area contributed by atoms with Crippen LogP contribution in [0.3, 0.4) is 0 Å². The molecule has 146 valence electrons. The summed E-state index contributed by atoms with van der Waals surface area (Å²) in [4.78, 5) is 4.94. The summed E-state index contributed by atoms with van der Waals surface area (Å²) < 4.78 is 0. The minimum Gasteiger partial charge on any atom is -0.258 e. The predicted molar refractivity (Wildman–Crippen MR) is 121 cm³/mol. The molecule has 0 spiro atoms. The van der Waals surface area contributed by atoms with Crippen molar-refractivity contribution in [1.29, 1.82) is 0 Å². The molecule has 1 atom stereocenters. The molecule has 1 aromatic heterocycles. The van der Waals surface area contributed by atoms with E-state index >= 15 is 0 Å². The van der Waals surface area contributed by atoms with Crippen molar-refractivity contribution >= 4 is 5.57 Å². The number of aryl methyl sites for hydroxylation is 4. The van der Waals surface area contributed by atoms with Crippen LogP contribution in [0.4, 0.5) is 0 Å². The SMILES string of the molecule is Cc1ccc(C2=C3CCCCC3(c3ccc(C)cc3)c3c2cc(C)nc3C)cc1. The lowest BCUT2D eigenvalue weighted by molar-refractivity contribution is 0.448. The van der Waals surface area contributed by atoms with Crippen molar-refractivity contribution in [2.75, 3.05) is 0 Å². The summed E-state index contributed by atoms with van der Waals surface area (Å²) >= 11 is 0.